The second-order valence-corrected chi connectivity index (χ2v) is 12.4. The van der Waals surface area contributed by atoms with E-state index in [-0.39, 0.29) is 18.6 Å². The van der Waals surface area contributed by atoms with Crippen molar-refractivity contribution in [3.63, 3.8) is 0 Å². The second-order valence-electron chi connectivity index (χ2n) is 7.19. The fourth-order valence-corrected chi connectivity index (χ4v) is 4.99. The summed E-state index contributed by atoms with van der Waals surface area (Å²) in [6.07, 6.45) is 0. The molecule has 0 aromatic rings. The van der Waals surface area contributed by atoms with E-state index in [1.54, 1.807) is 0 Å². The van der Waals surface area contributed by atoms with Crippen molar-refractivity contribution in [2.45, 2.75) is 69.2 Å². The van der Waals surface area contributed by atoms with E-state index in [1.807, 2.05) is 93.7 Å². The molecule has 0 saturated carbocycles. The van der Waals surface area contributed by atoms with Crippen molar-refractivity contribution in [2.24, 2.45) is 0 Å². The topological polar surface area (TPSA) is 16.2 Å². The van der Waals surface area contributed by atoms with E-state index >= 15 is 0 Å². The van der Waals surface area contributed by atoms with Crippen LogP contribution in [0.2, 0.25) is 0 Å². The minimum absolute atomic E-state index is 0. The van der Waals surface area contributed by atoms with Gasteiger partial charge in [-0.15, -0.1) is 0 Å². The Morgan fingerprint density at radius 2 is 0.390 bits per heavy atom. The first-order chi connectivity index (χ1) is 18.6. The van der Waals surface area contributed by atoms with Crippen LogP contribution in [0.5, 0.6) is 0 Å². The molecule has 0 aliphatic rings. The first kappa shape index (κ1) is 54.6. The van der Waals surface area contributed by atoms with Crippen molar-refractivity contribution < 1.29 is 18.6 Å². The van der Waals surface area contributed by atoms with E-state index in [0.29, 0.717) is 21.6 Å². The molecular weight excluding hydrogens is 742 g/mol. The number of hydrogen-bond acceptors (Lipinski definition) is 10. The van der Waals surface area contributed by atoms with Crippen molar-refractivity contribution in [2.75, 3.05) is 65.4 Å². The number of rotatable bonds is 10. The average molecular weight is 792 g/mol. The van der Waals surface area contributed by atoms with Crippen molar-refractivity contribution in [3.05, 3.63) is 0 Å². The maximum Gasteiger partial charge on any atom is 0.0133 e. The standard InChI is InChI=1S/5C5H11NS2.V/c5*1-3-6(4-2)5(7)8;/h5*3-4H2,1-2H3,(H,7,8);/p-5. The molecule has 0 saturated heterocycles. The normalized spacial score (nSPS) is 8.54. The Balaban J connectivity index is -0.0000000928. The van der Waals surface area contributed by atoms with Crippen LogP contribution < -0.4 is 0 Å². The monoisotopic (exact) mass is 791 g/mol. The van der Waals surface area contributed by atoms with Crippen molar-refractivity contribution in [1.29, 1.82) is 0 Å². The van der Waals surface area contributed by atoms with E-state index in [4.69, 9.17) is 124 Å². The minimum Gasteiger partial charge on any atom is -0.411 e. The molecule has 41 heavy (non-hydrogen) atoms. The van der Waals surface area contributed by atoms with E-state index < -0.39 is 0 Å². The van der Waals surface area contributed by atoms with E-state index in [2.05, 4.69) is 0 Å². The first-order valence-corrected chi connectivity index (χ1v) is 17.5. The predicted octanol–water partition coefficient (Wildman–Crippen LogP) is 5.80. The van der Waals surface area contributed by atoms with E-state index in [0.717, 1.165) is 65.4 Å². The Kier molecular flexibility index (Phi) is 52.1. The summed E-state index contributed by atoms with van der Waals surface area (Å²) in [6, 6.07) is 0. The van der Waals surface area contributed by atoms with Gasteiger partial charge in [0.1, 0.15) is 0 Å². The Labute approximate surface area is 320 Å². The summed E-state index contributed by atoms with van der Waals surface area (Å²) in [6.45, 7) is 29.7. The van der Waals surface area contributed by atoms with Crippen LogP contribution >= 0.6 is 61.1 Å². The van der Waals surface area contributed by atoms with Crippen LogP contribution in [0.3, 0.4) is 0 Å². The molecule has 0 atom stereocenters. The quantitative estimate of drug-likeness (QED) is 0.196. The summed E-state index contributed by atoms with van der Waals surface area (Å²) in [5, 5.41) is 0. The molecule has 0 spiro atoms. The largest absolute Gasteiger partial charge is 0.411 e. The SMILES string of the molecule is CCN(CC)C(=S)[S-].CCN(CC)C(=S)[S-].CCN(CC)C(=S)[S-].CCN(CC)C(=S)[S-].CCN(CC)C(=S)[S-].[V]. The average Bonchev–Trinajstić information content (AvgIpc) is 2.88. The molecule has 5 nitrogen and oxygen atoms in total. The van der Waals surface area contributed by atoms with Crippen molar-refractivity contribution >= 4 is 146 Å². The summed E-state index contributed by atoms with van der Waals surface area (Å²) in [5.41, 5.74) is 0. The third kappa shape index (κ3) is 37.2. The van der Waals surface area contributed by atoms with Gasteiger partial charge in [0.05, 0.1) is 0 Å². The Morgan fingerprint density at radius 3 is 0.390 bits per heavy atom. The molecule has 16 heteroatoms. The van der Waals surface area contributed by atoms with Gasteiger partial charge in [0, 0.05) is 84.0 Å². The smallest absolute Gasteiger partial charge is 0.0133 e. The molecule has 1 radical (unpaired) electrons. The summed E-state index contributed by atoms with van der Waals surface area (Å²) in [4.78, 5) is 9.81. The Hall–Kier alpha value is 1.13. The van der Waals surface area contributed by atoms with Crippen LogP contribution in [-0.2, 0) is 81.7 Å². The zero-order chi connectivity index (χ0) is 32.8. The summed E-state index contributed by atoms with van der Waals surface area (Å²) in [5.74, 6) is 0. The van der Waals surface area contributed by atoms with Gasteiger partial charge in [-0.1, -0.05) is 21.6 Å². The molecule has 0 aromatic heterocycles. The summed E-state index contributed by atoms with van der Waals surface area (Å²) < 4.78 is 2.89. The molecule has 0 unspecified atom stereocenters. The number of hydrogen-bond donors (Lipinski definition) is 0. The van der Waals surface area contributed by atoms with Crippen LogP contribution in [0.25, 0.3) is 0 Å². The fraction of sp³-hybridized carbons (Fsp3) is 0.800. The summed E-state index contributed by atoms with van der Waals surface area (Å²) in [7, 11) is 0. The van der Waals surface area contributed by atoms with Crippen LogP contribution in [0.15, 0.2) is 0 Å². The zero-order valence-electron chi connectivity index (χ0n) is 26.3. The van der Waals surface area contributed by atoms with Crippen molar-refractivity contribution in [1.82, 2.24) is 24.5 Å². The molecule has 0 aliphatic carbocycles. The van der Waals surface area contributed by atoms with Gasteiger partial charge in [0.2, 0.25) is 0 Å². The van der Waals surface area contributed by atoms with Gasteiger partial charge in [-0.2, -0.15) is 0 Å². The van der Waals surface area contributed by atoms with Crippen LogP contribution in [-0.4, -0.2) is 112 Å². The van der Waals surface area contributed by atoms with Crippen LogP contribution in [0, 0.1) is 0 Å². The van der Waals surface area contributed by atoms with Gasteiger partial charge >= 0.3 is 0 Å². The van der Waals surface area contributed by atoms with Gasteiger partial charge in [-0.05, 0) is 69.2 Å². The molecule has 0 aliphatic heterocycles. The molecule has 0 bridgehead atoms. The van der Waals surface area contributed by atoms with Crippen LogP contribution in [0.4, 0.5) is 0 Å². The Morgan fingerprint density at radius 1 is 0.317 bits per heavy atom. The molecule has 0 heterocycles. The second kappa shape index (κ2) is 39.2. The number of thiocarbonyl (C=S) groups is 5. The number of nitrogens with zero attached hydrogens (tertiary/aromatic N) is 5. The third-order valence-electron chi connectivity index (χ3n) is 5.11. The molecule has 0 amide bonds. The minimum atomic E-state index is 0. The van der Waals surface area contributed by atoms with Gasteiger partial charge in [-0.3, -0.25) is 0 Å². The van der Waals surface area contributed by atoms with Crippen molar-refractivity contribution in [3.8, 4) is 0 Å². The van der Waals surface area contributed by atoms with Gasteiger partial charge in [0.25, 0.3) is 0 Å². The molecule has 0 rings (SSSR count). The fourth-order valence-electron chi connectivity index (χ4n) is 2.41. The third-order valence-corrected chi connectivity index (χ3v) is 7.69. The molecule has 245 valence electrons. The predicted molar refractivity (Wildman–Crippen MR) is 214 cm³/mol. The molecule has 0 N–H and O–H groups in total. The Bertz CT molecular complexity index is 527. The maximum absolute atomic E-state index is 4.76. The molecule has 0 aromatic carbocycles. The van der Waals surface area contributed by atoms with Gasteiger partial charge in [-0.25, -0.2) is 0 Å². The van der Waals surface area contributed by atoms with Crippen LogP contribution in [0.1, 0.15) is 69.2 Å². The molecular formula is C25H50N5S10V-5. The maximum atomic E-state index is 4.76. The van der Waals surface area contributed by atoms with Gasteiger partial charge < -0.3 is 149 Å². The van der Waals surface area contributed by atoms with E-state index in [9.17, 15) is 0 Å². The first-order valence-electron chi connectivity index (χ1n) is 13.4. The summed E-state index contributed by atoms with van der Waals surface area (Å²) >= 11 is 47.6. The van der Waals surface area contributed by atoms with E-state index in [1.165, 1.54) is 0 Å². The zero-order valence-corrected chi connectivity index (χ0v) is 35.9. The van der Waals surface area contributed by atoms with Gasteiger partial charge in [0.15, 0.2) is 0 Å². The molecule has 0 fully saturated rings.